The second kappa shape index (κ2) is 8.98. The Morgan fingerprint density at radius 1 is 1.38 bits per heavy atom. The number of aromatic carboxylic acids is 1. The van der Waals surface area contributed by atoms with Gasteiger partial charge in [-0.2, -0.15) is 0 Å². The van der Waals surface area contributed by atoms with Crippen molar-refractivity contribution in [2.75, 3.05) is 20.3 Å². The number of nitrogens with one attached hydrogen (secondary N) is 1. The Labute approximate surface area is 159 Å². The molecule has 0 fully saturated rings. The van der Waals surface area contributed by atoms with Gasteiger partial charge in [0, 0.05) is 12.1 Å². The number of carboxylic acids is 1. The van der Waals surface area contributed by atoms with Crippen LogP contribution in [0.2, 0.25) is 5.02 Å². The molecular weight excluding hydrogens is 380 g/mol. The highest BCUT2D eigenvalue weighted by Gasteiger charge is 2.21. The molecule has 140 valence electrons. The second-order valence-corrected chi connectivity index (χ2v) is 6.92. The van der Waals surface area contributed by atoms with E-state index in [0.717, 1.165) is 11.3 Å². The molecule has 0 aliphatic heterocycles. The Balaban J connectivity index is 2.17. The summed E-state index contributed by atoms with van der Waals surface area (Å²) in [5, 5.41) is 12.8. The lowest BCUT2D eigenvalue weighted by Gasteiger charge is -2.15. The molecule has 0 aliphatic carbocycles. The van der Waals surface area contributed by atoms with E-state index in [-0.39, 0.29) is 10.4 Å². The van der Waals surface area contributed by atoms with E-state index in [4.69, 9.17) is 26.2 Å². The number of carbonyl (C=O) groups is 2. The molecule has 2 rings (SSSR count). The molecule has 1 heterocycles. The van der Waals surface area contributed by atoms with E-state index in [1.165, 1.54) is 6.07 Å². The lowest BCUT2D eigenvalue weighted by atomic mass is 10.1. The van der Waals surface area contributed by atoms with Gasteiger partial charge in [-0.3, -0.25) is 4.79 Å². The van der Waals surface area contributed by atoms with E-state index in [2.05, 4.69) is 10.3 Å². The van der Waals surface area contributed by atoms with Crippen LogP contribution in [0.3, 0.4) is 0 Å². The zero-order chi connectivity index (χ0) is 19.3. The van der Waals surface area contributed by atoms with Gasteiger partial charge in [-0.15, -0.1) is 11.3 Å². The lowest BCUT2D eigenvalue weighted by Crippen LogP contribution is -2.27. The smallest absolute Gasteiger partial charge is 0.347 e. The Morgan fingerprint density at radius 3 is 2.73 bits per heavy atom. The normalized spacial score (nSPS) is 11.8. The summed E-state index contributed by atoms with van der Waals surface area (Å²) in [5.74, 6) is -1.04. The van der Waals surface area contributed by atoms with Crippen molar-refractivity contribution in [2.45, 2.75) is 19.9 Å². The molecule has 0 saturated heterocycles. The summed E-state index contributed by atoms with van der Waals surface area (Å²) in [6, 6.07) is 4.30. The molecule has 0 radical (unpaired) electrons. The number of nitrogens with zero attached hydrogens (tertiary/aromatic N) is 1. The van der Waals surface area contributed by atoms with E-state index in [9.17, 15) is 9.59 Å². The zero-order valence-electron chi connectivity index (χ0n) is 14.5. The minimum absolute atomic E-state index is 0.160. The SMILES string of the molecule is COCCOc1ccc(Cl)cc1C(=O)NC(C)c1nc(C)c(C(=O)O)s1. The van der Waals surface area contributed by atoms with Crippen LogP contribution in [0.5, 0.6) is 5.75 Å². The number of hydrogen-bond acceptors (Lipinski definition) is 6. The number of ether oxygens (including phenoxy) is 2. The molecule has 1 atom stereocenters. The Bertz CT molecular complexity index is 808. The van der Waals surface area contributed by atoms with Crippen molar-refractivity contribution in [1.82, 2.24) is 10.3 Å². The van der Waals surface area contributed by atoms with Crippen molar-refractivity contribution >= 4 is 34.8 Å². The molecule has 0 aliphatic rings. The number of methoxy groups -OCH3 is 1. The van der Waals surface area contributed by atoms with Gasteiger partial charge >= 0.3 is 5.97 Å². The maximum absolute atomic E-state index is 12.6. The van der Waals surface area contributed by atoms with Crippen molar-refractivity contribution in [3.8, 4) is 5.75 Å². The van der Waals surface area contributed by atoms with Gasteiger partial charge in [-0.1, -0.05) is 11.6 Å². The summed E-state index contributed by atoms with van der Waals surface area (Å²) in [4.78, 5) is 28.2. The fourth-order valence-corrected chi connectivity index (χ4v) is 3.26. The van der Waals surface area contributed by atoms with Gasteiger partial charge in [0.05, 0.1) is 23.9 Å². The molecule has 9 heteroatoms. The van der Waals surface area contributed by atoms with E-state index < -0.39 is 17.9 Å². The molecule has 0 bridgehead atoms. The standard InChI is InChI=1S/C17H19ClN2O5S/c1-9-14(17(22)23)26-16(20-9)10(2)19-15(21)12-8-11(18)4-5-13(12)25-7-6-24-3/h4-5,8,10H,6-7H2,1-3H3,(H,19,21)(H,22,23). The van der Waals surface area contributed by atoms with Crippen LogP contribution in [0.25, 0.3) is 0 Å². The zero-order valence-corrected chi connectivity index (χ0v) is 16.1. The lowest BCUT2D eigenvalue weighted by molar-refractivity contribution is 0.0700. The monoisotopic (exact) mass is 398 g/mol. The molecule has 26 heavy (non-hydrogen) atoms. The van der Waals surface area contributed by atoms with Crippen LogP contribution in [-0.4, -0.2) is 42.3 Å². The quantitative estimate of drug-likeness (QED) is 0.662. The van der Waals surface area contributed by atoms with Crippen LogP contribution in [0.1, 0.15) is 43.7 Å². The number of carboxylic acid groups (broad SMARTS) is 1. The van der Waals surface area contributed by atoms with Crippen LogP contribution >= 0.6 is 22.9 Å². The maximum Gasteiger partial charge on any atom is 0.347 e. The van der Waals surface area contributed by atoms with Gasteiger partial charge < -0.3 is 19.9 Å². The van der Waals surface area contributed by atoms with Crippen molar-refractivity contribution in [3.05, 3.63) is 44.4 Å². The Hall–Kier alpha value is -2.16. The van der Waals surface area contributed by atoms with Crippen LogP contribution < -0.4 is 10.1 Å². The molecule has 0 saturated carbocycles. The Kier molecular flexibility index (Phi) is 6.96. The van der Waals surface area contributed by atoms with E-state index in [1.54, 1.807) is 33.1 Å². The van der Waals surface area contributed by atoms with Gasteiger partial charge in [0.1, 0.15) is 22.2 Å². The molecule has 2 aromatic rings. The third kappa shape index (κ3) is 4.94. The predicted molar refractivity (Wildman–Crippen MR) is 98.5 cm³/mol. The van der Waals surface area contributed by atoms with Crippen LogP contribution in [0, 0.1) is 6.92 Å². The first-order valence-corrected chi connectivity index (χ1v) is 8.95. The topological polar surface area (TPSA) is 97.8 Å². The average molecular weight is 399 g/mol. The summed E-state index contributed by atoms with van der Waals surface area (Å²) in [6.45, 7) is 4.03. The molecular formula is C17H19ClN2O5S. The Morgan fingerprint density at radius 2 is 2.12 bits per heavy atom. The third-order valence-electron chi connectivity index (χ3n) is 3.46. The highest BCUT2D eigenvalue weighted by Crippen LogP contribution is 2.26. The summed E-state index contributed by atoms with van der Waals surface area (Å²) in [6.07, 6.45) is 0. The molecule has 1 amide bonds. The minimum Gasteiger partial charge on any atom is -0.490 e. The van der Waals surface area contributed by atoms with Crippen molar-refractivity contribution in [1.29, 1.82) is 0 Å². The molecule has 1 unspecified atom stereocenters. The molecule has 2 N–H and O–H groups in total. The largest absolute Gasteiger partial charge is 0.490 e. The predicted octanol–water partition coefficient (Wildman–Crippen LogP) is 3.32. The second-order valence-electron chi connectivity index (χ2n) is 5.45. The van der Waals surface area contributed by atoms with Crippen molar-refractivity contribution in [2.24, 2.45) is 0 Å². The van der Waals surface area contributed by atoms with E-state index in [1.807, 2.05) is 0 Å². The molecule has 0 spiro atoms. The molecule has 1 aromatic heterocycles. The molecule has 1 aromatic carbocycles. The first-order valence-electron chi connectivity index (χ1n) is 7.76. The third-order valence-corrected chi connectivity index (χ3v) is 5.02. The number of aryl methyl sites for hydroxylation is 1. The number of benzene rings is 1. The number of amides is 1. The van der Waals surface area contributed by atoms with Crippen LogP contribution in [0.4, 0.5) is 0 Å². The first-order chi connectivity index (χ1) is 12.3. The van der Waals surface area contributed by atoms with E-state index in [0.29, 0.717) is 34.7 Å². The fourth-order valence-electron chi connectivity index (χ4n) is 2.18. The van der Waals surface area contributed by atoms with Crippen molar-refractivity contribution in [3.63, 3.8) is 0 Å². The number of halogens is 1. The first kappa shape index (κ1) is 20.2. The number of rotatable bonds is 8. The highest BCUT2D eigenvalue weighted by atomic mass is 35.5. The van der Waals surface area contributed by atoms with Gasteiger partial charge in [-0.05, 0) is 32.0 Å². The van der Waals surface area contributed by atoms with Gasteiger partial charge in [0.25, 0.3) is 5.91 Å². The van der Waals surface area contributed by atoms with Crippen molar-refractivity contribution < 1.29 is 24.2 Å². The van der Waals surface area contributed by atoms with Crippen LogP contribution in [-0.2, 0) is 4.74 Å². The number of carbonyl (C=O) groups excluding carboxylic acids is 1. The van der Waals surface area contributed by atoms with Crippen LogP contribution in [0.15, 0.2) is 18.2 Å². The summed E-state index contributed by atoms with van der Waals surface area (Å²) < 4.78 is 10.5. The van der Waals surface area contributed by atoms with E-state index >= 15 is 0 Å². The maximum atomic E-state index is 12.6. The summed E-state index contributed by atoms with van der Waals surface area (Å²) in [5.41, 5.74) is 0.706. The average Bonchev–Trinajstić information content (AvgIpc) is 2.98. The number of aromatic nitrogens is 1. The fraction of sp³-hybridized carbons (Fsp3) is 0.353. The van der Waals surface area contributed by atoms with Gasteiger partial charge in [-0.25, -0.2) is 9.78 Å². The number of thiazole rings is 1. The van der Waals surface area contributed by atoms with Gasteiger partial charge in [0.15, 0.2) is 0 Å². The molecule has 7 nitrogen and oxygen atoms in total. The number of hydrogen-bond donors (Lipinski definition) is 2. The highest BCUT2D eigenvalue weighted by molar-refractivity contribution is 7.13. The summed E-state index contributed by atoms with van der Waals surface area (Å²) in [7, 11) is 1.56. The van der Waals surface area contributed by atoms with Gasteiger partial charge in [0.2, 0.25) is 0 Å². The summed E-state index contributed by atoms with van der Waals surface area (Å²) >= 11 is 7.04. The minimum atomic E-state index is -1.03.